The molecule has 0 aliphatic rings. The molecule has 7 heteroatoms. The molecule has 2 rings (SSSR count). The number of hydrogen-bond acceptors (Lipinski definition) is 5. The van der Waals surface area contributed by atoms with E-state index >= 15 is 0 Å². The van der Waals surface area contributed by atoms with Gasteiger partial charge in [-0.05, 0) is 50.2 Å². The largest absolute Gasteiger partial charge is 0.494 e. The van der Waals surface area contributed by atoms with Crippen LogP contribution < -0.4 is 14.8 Å². The average Bonchev–Trinajstić information content (AvgIpc) is 2.63. The predicted molar refractivity (Wildman–Crippen MR) is 94.1 cm³/mol. The van der Waals surface area contributed by atoms with Crippen LogP contribution in [0.25, 0.3) is 0 Å². The van der Waals surface area contributed by atoms with Gasteiger partial charge in [-0.1, -0.05) is 0 Å². The van der Waals surface area contributed by atoms with E-state index in [9.17, 15) is 14.0 Å². The maximum absolute atomic E-state index is 12.9. The summed E-state index contributed by atoms with van der Waals surface area (Å²) in [5.41, 5.74) is 0.577. The highest BCUT2D eigenvalue weighted by molar-refractivity contribution is 5.96. The normalized spacial score (nSPS) is 10.1. The van der Waals surface area contributed by atoms with E-state index < -0.39 is 24.3 Å². The zero-order valence-corrected chi connectivity index (χ0v) is 14.6. The first-order valence-corrected chi connectivity index (χ1v) is 8.15. The standard InChI is InChI=1S/C19H20FNO5/c1-3-24-15-9-10-17(25-4-2)16(11-15)21-18(22)12-26-19(23)13-5-7-14(20)8-6-13/h5-11H,3-4,12H2,1-2H3,(H,21,22). The monoisotopic (exact) mass is 361 g/mol. The van der Waals surface area contributed by atoms with Gasteiger partial charge in [0.1, 0.15) is 17.3 Å². The predicted octanol–water partition coefficient (Wildman–Crippen LogP) is 3.42. The molecule has 1 N–H and O–H groups in total. The molecule has 0 spiro atoms. The highest BCUT2D eigenvalue weighted by Gasteiger charge is 2.13. The van der Waals surface area contributed by atoms with E-state index in [0.29, 0.717) is 30.4 Å². The van der Waals surface area contributed by atoms with Crippen LogP contribution in [0.3, 0.4) is 0 Å². The number of carbonyl (C=O) groups excluding carboxylic acids is 2. The van der Waals surface area contributed by atoms with Crippen molar-refractivity contribution in [2.75, 3.05) is 25.1 Å². The van der Waals surface area contributed by atoms with Crippen molar-refractivity contribution in [1.29, 1.82) is 0 Å². The fourth-order valence-corrected chi connectivity index (χ4v) is 2.13. The molecular weight excluding hydrogens is 341 g/mol. The van der Waals surface area contributed by atoms with Gasteiger partial charge < -0.3 is 19.5 Å². The summed E-state index contributed by atoms with van der Waals surface area (Å²) in [4.78, 5) is 23.9. The van der Waals surface area contributed by atoms with Crippen LogP contribution >= 0.6 is 0 Å². The van der Waals surface area contributed by atoms with Gasteiger partial charge in [0.2, 0.25) is 0 Å². The molecule has 0 radical (unpaired) electrons. The van der Waals surface area contributed by atoms with E-state index in [1.165, 1.54) is 12.1 Å². The number of benzene rings is 2. The minimum Gasteiger partial charge on any atom is -0.494 e. The third kappa shape index (κ3) is 5.47. The molecule has 1 amide bonds. The van der Waals surface area contributed by atoms with Crippen LogP contribution in [0.5, 0.6) is 11.5 Å². The highest BCUT2D eigenvalue weighted by atomic mass is 19.1. The molecule has 0 aliphatic carbocycles. The van der Waals surface area contributed by atoms with Gasteiger partial charge in [0.25, 0.3) is 5.91 Å². The van der Waals surface area contributed by atoms with E-state index in [2.05, 4.69) is 5.32 Å². The number of ether oxygens (including phenoxy) is 3. The third-order valence-corrected chi connectivity index (χ3v) is 3.25. The lowest BCUT2D eigenvalue weighted by Gasteiger charge is -2.13. The van der Waals surface area contributed by atoms with Crippen molar-refractivity contribution in [1.82, 2.24) is 0 Å². The fourth-order valence-electron chi connectivity index (χ4n) is 2.13. The van der Waals surface area contributed by atoms with Crippen molar-refractivity contribution in [2.24, 2.45) is 0 Å². The second-order valence-corrected chi connectivity index (χ2v) is 5.16. The Labute approximate surface area is 150 Å². The zero-order chi connectivity index (χ0) is 18.9. The number of anilines is 1. The van der Waals surface area contributed by atoms with E-state index in [-0.39, 0.29) is 5.56 Å². The van der Waals surface area contributed by atoms with Gasteiger partial charge in [-0.15, -0.1) is 0 Å². The van der Waals surface area contributed by atoms with E-state index in [1.807, 2.05) is 13.8 Å². The van der Waals surface area contributed by atoms with Crippen LogP contribution in [-0.4, -0.2) is 31.7 Å². The van der Waals surface area contributed by atoms with Crippen LogP contribution in [0.1, 0.15) is 24.2 Å². The van der Waals surface area contributed by atoms with Gasteiger partial charge in [-0.25, -0.2) is 9.18 Å². The molecule has 0 aliphatic heterocycles. The van der Waals surface area contributed by atoms with Crippen molar-refractivity contribution < 1.29 is 28.2 Å². The van der Waals surface area contributed by atoms with Crippen LogP contribution in [0.2, 0.25) is 0 Å². The van der Waals surface area contributed by atoms with Gasteiger partial charge in [0.15, 0.2) is 6.61 Å². The molecule has 0 atom stereocenters. The maximum Gasteiger partial charge on any atom is 0.338 e. The van der Waals surface area contributed by atoms with Crippen molar-refractivity contribution in [3.8, 4) is 11.5 Å². The Hall–Kier alpha value is -3.09. The third-order valence-electron chi connectivity index (χ3n) is 3.25. The lowest BCUT2D eigenvalue weighted by molar-refractivity contribution is -0.119. The molecular formula is C19H20FNO5. The van der Waals surface area contributed by atoms with E-state index in [1.54, 1.807) is 18.2 Å². The molecule has 0 saturated carbocycles. The Morgan fingerprint density at radius 3 is 2.35 bits per heavy atom. The molecule has 0 bridgehead atoms. The van der Waals surface area contributed by atoms with Crippen LogP contribution in [0.4, 0.5) is 10.1 Å². The summed E-state index contributed by atoms with van der Waals surface area (Å²) in [6, 6.07) is 9.92. The van der Waals surface area contributed by atoms with Gasteiger partial charge in [-0.2, -0.15) is 0 Å². The Morgan fingerprint density at radius 2 is 1.69 bits per heavy atom. The molecule has 26 heavy (non-hydrogen) atoms. The van der Waals surface area contributed by atoms with Gasteiger partial charge in [0.05, 0.1) is 24.5 Å². The van der Waals surface area contributed by atoms with Crippen molar-refractivity contribution in [2.45, 2.75) is 13.8 Å². The molecule has 0 heterocycles. The summed E-state index contributed by atoms with van der Waals surface area (Å²) in [7, 11) is 0. The molecule has 0 aromatic heterocycles. The molecule has 6 nitrogen and oxygen atoms in total. The quantitative estimate of drug-likeness (QED) is 0.730. The summed E-state index contributed by atoms with van der Waals surface area (Å²) in [6.45, 7) is 4.10. The number of hydrogen-bond donors (Lipinski definition) is 1. The highest BCUT2D eigenvalue weighted by Crippen LogP contribution is 2.29. The molecule has 0 fully saturated rings. The van der Waals surface area contributed by atoms with Crippen LogP contribution in [-0.2, 0) is 9.53 Å². The molecule has 138 valence electrons. The lowest BCUT2D eigenvalue weighted by Crippen LogP contribution is -2.21. The zero-order valence-electron chi connectivity index (χ0n) is 14.6. The van der Waals surface area contributed by atoms with Crippen molar-refractivity contribution in [3.05, 3.63) is 53.8 Å². The Bertz CT molecular complexity index is 761. The number of esters is 1. The second kappa shape index (κ2) is 9.41. The number of carbonyl (C=O) groups is 2. The van der Waals surface area contributed by atoms with Gasteiger partial charge >= 0.3 is 5.97 Å². The number of rotatable bonds is 8. The summed E-state index contributed by atoms with van der Waals surface area (Å²) >= 11 is 0. The first kappa shape index (κ1) is 19.2. The second-order valence-electron chi connectivity index (χ2n) is 5.16. The van der Waals surface area contributed by atoms with Gasteiger partial charge in [0, 0.05) is 6.07 Å². The summed E-state index contributed by atoms with van der Waals surface area (Å²) in [5, 5.41) is 2.63. The maximum atomic E-state index is 12.9. The smallest absolute Gasteiger partial charge is 0.338 e. The first-order valence-electron chi connectivity index (χ1n) is 8.15. The SMILES string of the molecule is CCOc1ccc(OCC)c(NC(=O)COC(=O)c2ccc(F)cc2)c1. The van der Waals surface area contributed by atoms with Crippen LogP contribution in [0, 0.1) is 5.82 Å². The summed E-state index contributed by atoms with van der Waals surface area (Å²) < 4.78 is 28.7. The summed E-state index contributed by atoms with van der Waals surface area (Å²) in [5.74, 6) is -0.649. The molecule has 2 aromatic rings. The molecule has 0 saturated heterocycles. The fraction of sp³-hybridized carbons (Fsp3) is 0.263. The van der Waals surface area contributed by atoms with Crippen molar-refractivity contribution in [3.63, 3.8) is 0 Å². The number of halogens is 1. The molecule has 2 aromatic carbocycles. The Morgan fingerprint density at radius 1 is 1.00 bits per heavy atom. The first-order chi connectivity index (χ1) is 12.5. The minimum atomic E-state index is -0.715. The van der Waals surface area contributed by atoms with E-state index in [4.69, 9.17) is 14.2 Å². The van der Waals surface area contributed by atoms with Crippen LogP contribution in [0.15, 0.2) is 42.5 Å². The average molecular weight is 361 g/mol. The summed E-state index contributed by atoms with van der Waals surface area (Å²) in [6.07, 6.45) is 0. The Balaban J connectivity index is 1.98. The van der Waals surface area contributed by atoms with Gasteiger partial charge in [-0.3, -0.25) is 4.79 Å². The lowest BCUT2D eigenvalue weighted by atomic mass is 10.2. The van der Waals surface area contributed by atoms with Crippen molar-refractivity contribution >= 4 is 17.6 Å². The topological polar surface area (TPSA) is 73.9 Å². The molecule has 0 unspecified atom stereocenters. The minimum absolute atomic E-state index is 0.160. The number of amides is 1. The number of nitrogens with one attached hydrogen (secondary N) is 1. The Kier molecular flexibility index (Phi) is 6.96. The van der Waals surface area contributed by atoms with E-state index in [0.717, 1.165) is 12.1 Å².